The van der Waals surface area contributed by atoms with Gasteiger partial charge < -0.3 is 5.32 Å². The molecule has 0 atom stereocenters. The number of carbonyl (C=O) groups excluding carboxylic acids is 3. The van der Waals surface area contributed by atoms with Gasteiger partial charge in [0.25, 0.3) is 5.24 Å². The normalized spacial score (nSPS) is 14.3. The van der Waals surface area contributed by atoms with E-state index in [4.69, 9.17) is 9.97 Å². The third-order valence-electron chi connectivity index (χ3n) is 4.94. The van der Waals surface area contributed by atoms with Gasteiger partial charge in [-0.2, -0.15) is 0 Å². The van der Waals surface area contributed by atoms with E-state index in [2.05, 4.69) is 5.32 Å². The maximum atomic E-state index is 12.4. The Hall–Kier alpha value is -3.11. The summed E-state index contributed by atoms with van der Waals surface area (Å²) in [4.78, 5) is 46.3. The van der Waals surface area contributed by atoms with Crippen LogP contribution < -0.4 is 5.32 Å². The number of imidazole rings is 1. The van der Waals surface area contributed by atoms with Gasteiger partial charge >= 0.3 is 0 Å². The Morgan fingerprint density at radius 3 is 2.65 bits per heavy atom. The summed E-state index contributed by atoms with van der Waals surface area (Å²) in [6, 6.07) is 15.6. The highest BCUT2D eigenvalue weighted by Crippen LogP contribution is 2.28. The predicted octanol–water partition coefficient (Wildman–Crippen LogP) is 2.94. The van der Waals surface area contributed by atoms with E-state index in [0.29, 0.717) is 5.16 Å². The fraction of sp³-hybridized carbons (Fsp3) is 0.190. The molecule has 2 aromatic carbocycles. The average molecular weight is 452 g/mol. The number of aromatic nitrogens is 3. The summed E-state index contributed by atoms with van der Waals surface area (Å²) < 4.78 is 1.98. The van der Waals surface area contributed by atoms with E-state index in [9.17, 15) is 14.4 Å². The van der Waals surface area contributed by atoms with Crippen molar-refractivity contribution in [3.8, 4) is 0 Å². The Morgan fingerprint density at radius 1 is 1.06 bits per heavy atom. The number of imide groups is 1. The number of rotatable bonds is 6. The molecule has 0 aliphatic carbocycles. The van der Waals surface area contributed by atoms with Crippen molar-refractivity contribution in [3.05, 3.63) is 48.5 Å². The molecule has 1 fully saturated rings. The van der Waals surface area contributed by atoms with Crippen LogP contribution in [0.4, 0.5) is 4.79 Å². The molecule has 31 heavy (non-hydrogen) atoms. The molecule has 0 unspecified atom stereocenters. The summed E-state index contributed by atoms with van der Waals surface area (Å²) >= 11 is 2.31. The largest absolute Gasteiger partial charge is 0.354 e. The van der Waals surface area contributed by atoms with Gasteiger partial charge in [0.2, 0.25) is 11.8 Å². The minimum absolute atomic E-state index is 0.156. The van der Waals surface area contributed by atoms with Crippen molar-refractivity contribution in [3.63, 3.8) is 0 Å². The van der Waals surface area contributed by atoms with E-state index < -0.39 is 0 Å². The van der Waals surface area contributed by atoms with Crippen molar-refractivity contribution >= 4 is 68.2 Å². The standard InChI is InChI=1S/C21H17N5O3S2/c27-17(22-9-10-25-18(28)12-31-21(25)29)11-30-20-24-14-6-2-1-5-13(14)19-23-15-7-3-4-8-16(15)26(19)20/h1-8H,9-12H2,(H,22,27). The van der Waals surface area contributed by atoms with Crippen LogP contribution in [-0.4, -0.2) is 60.9 Å². The van der Waals surface area contributed by atoms with Crippen LogP contribution in [0.3, 0.4) is 0 Å². The third-order valence-corrected chi connectivity index (χ3v) is 6.74. The van der Waals surface area contributed by atoms with E-state index in [-0.39, 0.29) is 41.6 Å². The van der Waals surface area contributed by atoms with Gasteiger partial charge in [-0.15, -0.1) is 0 Å². The van der Waals surface area contributed by atoms with Crippen LogP contribution in [-0.2, 0) is 9.59 Å². The SMILES string of the molecule is O=C(CSc1nc2ccccc2c2nc3ccccc3n12)NCCN1C(=O)CSC1=O. The van der Waals surface area contributed by atoms with Crippen LogP contribution >= 0.6 is 23.5 Å². The second-order valence-corrected chi connectivity index (χ2v) is 8.78. The highest BCUT2D eigenvalue weighted by atomic mass is 32.2. The number of carbonyl (C=O) groups is 3. The monoisotopic (exact) mass is 451 g/mol. The van der Waals surface area contributed by atoms with E-state index in [1.165, 1.54) is 16.7 Å². The number of para-hydroxylation sites is 3. The summed E-state index contributed by atoms with van der Waals surface area (Å²) in [5.74, 6) is -0.0769. The molecule has 2 aromatic heterocycles. The van der Waals surface area contributed by atoms with Crippen molar-refractivity contribution in [2.24, 2.45) is 0 Å². The zero-order valence-corrected chi connectivity index (χ0v) is 17.9. The maximum Gasteiger partial charge on any atom is 0.288 e. The van der Waals surface area contributed by atoms with Gasteiger partial charge in [0.1, 0.15) is 5.65 Å². The highest BCUT2D eigenvalue weighted by molar-refractivity contribution is 8.14. The van der Waals surface area contributed by atoms with Crippen LogP contribution in [0.25, 0.3) is 27.6 Å². The number of hydrogen-bond acceptors (Lipinski definition) is 7. The molecule has 3 amide bonds. The summed E-state index contributed by atoms with van der Waals surface area (Å²) in [6.07, 6.45) is 0. The van der Waals surface area contributed by atoms with E-state index in [1.807, 2.05) is 52.9 Å². The molecule has 1 aliphatic heterocycles. The number of nitrogens with zero attached hydrogens (tertiary/aromatic N) is 4. The molecule has 3 heterocycles. The van der Waals surface area contributed by atoms with Gasteiger partial charge in [0.05, 0.1) is 28.1 Å². The molecule has 1 aliphatic rings. The quantitative estimate of drug-likeness (QED) is 0.356. The molecular formula is C21H17N5O3S2. The first kappa shape index (κ1) is 19.8. The second-order valence-electron chi connectivity index (χ2n) is 6.91. The minimum atomic E-state index is -0.261. The Bertz CT molecular complexity index is 1340. The van der Waals surface area contributed by atoms with Crippen molar-refractivity contribution in [1.29, 1.82) is 0 Å². The first-order valence-electron chi connectivity index (χ1n) is 9.64. The Balaban J connectivity index is 1.35. The van der Waals surface area contributed by atoms with Crippen LogP contribution in [0.15, 0.2) is 53.7 Å². The molecule has 0 saturated carbocycles. The molecule has 0 spiro atoms. The van der Waals surface area contributed by atoms with E-state index >= 15 is 0 Å². The Morgan fingerprint density at radius 2 is 1.84 bits per heavy atom. The van der Waals surface area contributed by atoms with Crippen molar-refractivity contribution in [2.45, 2.75) is 5.16 Å². The van der Waals surface area contributed by atoms with Gasteiger partial charge in [0.15, 0.2) is 5.16 Å². The molecule has 0 bridgehead atoms. The molecule has 8 nitrogen and oxygen atoms in total. The molecule has 10 heteroatoms. The number of benzene rings is 2. The number of nitrogens with one attached hydrogen (secondary N) is 1. The van der Waals surface area contributed by atoms with Crippen molar-refractivity contribution < 1.29 is 14.4 Å². The highest BCUT2D eigenvalue weighted by Gasteiger charge is 2.29. The van der Waals surface area contributed by atoms with Gasteiger partial charge in [-0.25, -0.2) is 9.97 Å². The van der Waals surface area contributed by atoms with Gasteiger partial charge in [0, 0.05) is 18.5 Å². The molecule has 0 radical (unpaired) electrons. The smallest absolute Gasteiger partial charge is 0.288 e. The van der Waals surface area contributed by atoms with Crippen molar-refractivity contribution in [1.82, 2.24) is 24.6 Å². The van der Waals surface area contributed by atoms with E-state index in [0.717, 1.165) is 39.3 Å². The lowest BCUT2D eigenvalue weighted by atomic mass is 10.2. The second kappa shape index (κ2) is 8.20. The lowest BCUT2D eigenvalue weighted by Gasteiger charge is -2.13. The number of hydrogen-bond donors (Lipinski definition) is 1. The van der Waals surface area contributed by atoms with Gasteiger partial charge in [-0.1, -0.05) is 47.8 Å². The van der Waals surface area contributed by atoms with Crippen molar-refractivity contribution in [2.75, 3.05) is 24.6 Å². The van der Waals surface area contributed by atoms with Gasteiger partial charge in [-0.3, -0.25) is 23.7 Å². The summed E-state index contributed by atoms with van der Waals surface area (Å²) in [5, 5.41) is 4.14. The lowest BCUT2D eigenvalue weighted by Crippen LogP contribution is -2.38. The molecule has 1 N–H and O–H groups in total. The van der Waals surface area contributed by atoms with E-state index in [1.54, 1.807) is 0 Å². The minimum Gasteiger partial charge on any atom is -0.354 e. The molecule has 4 aromatic rings. The molecule has 156 valence electrons. The van der Waals surface area contributed by atoms with Crippen LogP contribution in [0.1, 0.15) is 0 Å². The summed E-state index contributed by atoms with van der Waals surface area (Å²) in [5.41, 5.74) is 3.42. The zero-order valence-electron chi connectivity index (χ0n) is 16.3. The topological polar surface area (TPSA) is 96.7 Å². The Labute approximate surface area is 185 Å². The predicted molar refractivity (Wildman–Crippen MR) is 121 cm³/mol. The molecule has 5 rings (SSSR count). The summed E-state index contributed by atoms with van der Waals surface area (Å²) in [7, 11) is 0. The molecule has 1 saturated heterocycles. The maximum absolute atomic E-state index is 12.4. The first-order chi connectivity index (χ1) is 15.1. The summed E-state index contributed by atoms with van der Waals surface area (Å²) in [6.45, 7) is 0.414. The van der Waals surface area contributed by atoms with Crippen LogP contribution in [0.2, 0.25) is 0 Å². The molecular weight excluding hydrogens is 434 g/mol. The average Bonchev–Trinajstić information content (AvgIpc) is 3.33. The Kier molecular flexibility index (Phi) is 5.24. The fourth-order valence-corrected chi connectivity index (χ4v) is 5.09. The number of amides is 3. The fourth-order valence-electron chi connectivity index (χ4n) is 3.50. The first-order valence-corrected chi connectivity index (χ1v) is 11.6. The van der Waals surface area contributed by atoms with Crippen LogP contribution in [0, 0.1) is 0 Å². The number of fused-ring (bicyclic) bond motifs is 5. The van der Waals surface area contributed by atoms with Gasteiger partial charge in [-0.05, 0) is 24.3 Å². The van der Waals surface area contributed by atoms with Crippen LogP contribution in [0.5, 0.6) is 0 Å². The number of thioether (sulfide) groups is 2. The third kappa shape index (κ3) is 3.72. The zero-order chi connectivity index (χ0) is 21.4. The lowest BCUT2D eigenvalue weighted by molar-refractivity contribution is -0.125.